The number of aliphatic hydroxyl groups is 1. The number of nitrogens with zero attached hydrogens (tertiary/aromatic N) is 1. The number of phenolic OH excluding ortho intramolecular Hbond substituents is 1. The molecule has 0 amide bonds. The Labute approximate surface area is 131 Å². The fraction of sp³-hybridized carbons (Fsp3) is 0.556. The van der Waals surface area contributed by atoms with Crippen LogP contribution in [0, 0.1) is 5.41 Å². The maximum Gasteiger partial charge on any atom is 0.165 e. The smallest absolute Gasteiger partial charge is 0.165 e. The van der Waals surface area contributed by atoms with Gasteiger partial charge >= 0.3 is 0 Å². The van der Waals surface area contributed by atoms with E-state index < -0.39 is 6.10 Å². The van der Waals surface area contributed by atoms with Crippen LogP contribution in [0.4, 0.5) is 0 Å². The van der Waals surface area contributed by atoms with E-state index in [1.807, 2.05) is 12.1 Å². The average molecular weight is 301 g/mol. The highest BCUT2D eigenvalue weighted by atomic mass is 16.5. The molecule has 1 aliphatic heterocycles. The molecule has 1 aromatic rings. The highest BCUT2D eigenvalue weighted by Gasteiger charge is 2.53. The summed E-state index contributed by atoms with van der Waals surface area (Å²) in [6.07, 6.45) is 5.43. The molecular weight excluding hydrogens is 278 g/mol. The summed E-state index contributed by atoms with van der Waals surface area (Å²) in [5.74, 6) is 0.743. The van der Waals surface area contributed by atoms with E-state index in [2.05, 4.69) is 18.0 Å². The van der Waals surface area contributed by atoms with Crippen LogP contribution in [0.5, 0.6) is 11.5 Å². The summed E-state index contributed by atoms with van der Waals surface area (Å²) >= 11 is 0. The highest BCUT2D eigenvalue weighted by molar-refractivity contribution is 5.82. The molecule has 4 nitrogen and oxygen atoms in total. The zero-order chi connectivity index (χ0) is 15.5. The minimum Gasteiger partial charge on any atom is -0.504 e. The van der Waals surface area contributed by atoms with Crippen LogP contribution < -0.4 is 4.74 Å². The minimum absolute atomic E-state index is 0.0742. The molecule has 3 atom stereocenters. The third-order valence-electron chi connectivity index (χ3n) is 5.99. The lowest BCUT2D eigenvalue weighted by Gasteiger charge is -2.47. The van der Waals surface area contributed by atoms with Crippen molar-refractivity contribution in [3.8, 4) is 11.5 Å². The molecule has 1 heterocycles. The van der Waals surface area contributed by atoms with E-state index >= 15 is 0 Å². The van der Waals surface area contributed by atoms with E-state index in [1.165, 1.54) is 0 Å². The molecule has 2 N–H and O–H groups in total. The van der Waals surface area contributed by atoms with E-state index in [-0.39, 0.29) is 11.2 Å². The molecule has 118 valence electrons. The molecule has 3 aliphatic rings. The third-order valence-corrected chi connectivity index (χ3v) is 5.99. The summed E-state index contributed by atoms with van der Waals surface area (Å²) in [4.78, 5) is 2.44. The van der Waals surface area contributed by atoms with Gasteiger partial charge in [-0.3, -0.25) is 0 Å². The van der Waals surface area contributed by atoms with Crippen molar-refractivity contribution in [2.24, 2.45) is 5.41 Å². The van der Waals surface area contributed by atoms with E-state index in [0.717, 1.165) is 48.9 Å². The molecule has 1 aromatic carbocycles. The summed E-state index contributed by atoms with van der Waals surface area (Å²) in [7, 11) is 3.77. The quantitative estimate of drug-likeness (QED) is 0.835. The van der Waals surface area contributed by atoms with E-state index in [1.54, 1.807) is 7.11 Å². The molecule has 4 rings (SSSR count). The van der Waals surface area contributed by atoms with E-state index in [4.69, 9.17) is 4.74 Å². The van der Waals surface area contributed by atoms with Crippen LogP contribution in [0.25, 0.3) is 5.57 Å². The molecule has 0 radical (unpaired) electrons. The number of methoxy groups -OCH3 is 1. The molecule has 0 bridgehead atoms. The van der Waals surface area contributed by atoms with Gasteiger partial charge in [0, 0.05) is 17.0 Å². The second kappa shape index (κ2) is 4.74. The van der Waals surface area contributed by atoms with E-state index in [9.17, 15) is 10.2 Å². The van der Waals surface area contributed by atoms with Crippen LogP contribution in [0.15, 0.2) is 18.2 Å². The normalized spacial score (nSPS) is 33.7. The number of aliphatic hydroxyl groups excluding tert-OH is 1. The number of likely N-dealkylation sites (tertiary alicyclic amines) is 1. The van der Waals surface area contributed by atoms with Crippen molar-refractivity contribution in [3.63, 3.8) is 0 Å². The number of fused-ring (bicyclic) bond motifs is 2. The lowest BCUT2D eigenvalue weighted by molar-refractivity contribution is 0.146. The lowest BCUT2D eigenvalue weighted by Crippen LogP contribution is -2.45. The summed E-state index contributed by atoms with van der Waals surface area (Å²) in [6.45, 7) is 1.07. The zero-order valence-electron chi connectivity index (χ0n) is 13.2. The number of rotatable bonds is 1. The van der Waals surface area contributed by atoms with Gasteiger partial charge in [-0.15, -0.1) is 0 Å². The number of likely N-dealkylation sites (N-methyl/N-ethyl adjacent to an activating group) is 1. The molecule has 1 spiro atoms. The molecular formula is C18H23NO3. The van der Waals surface area contributed by atoms with Crippen molar-refractivity contribution in [3.05, 3.63) is 29.3 Å². The van der Waals surface area contributed by atoms with Gasteiger partial charge in [-0.05, 0) is 56.5 Å². The molecule has 3 unspecified atom stereocenters. The van der Waals surface area contributed by atoms with Crippen molar-refractivity contribution in [1.29, 1.82) is 0 Å². The number of hydrogen-bond donors (Lipinski definition) is 2. The van der Waals surface area contributed by atoms with Gasteiger partial charge < -0.3 is 19.8 Å². The fourth-order valence-corrected chi connectivity index (χ4v) is 4.85. The largest absolute Gasteiger partial charge is 0.504 e. The standard InChI is InChI=1S/C18H23NO3/c1-19-8-7-18-6-5-12(20)10-13(18)16-11(9-15(18)19)3-4-14(22-2)17(16)21/h3-4,10,12,15,20-21H,5-9H2,1-2H3. The first-order valence-corrected chi connectivity index (χ1v) is 8.06. The average Bonchev–Trinajstić information content (AvgIpc) is 2.83. The molecule has 0 aromatic heterocycles. The number of phenols is 1. The van der Waals surface area contributed by atoms with Crippen LogP contribution in [-0.2, 0) is 6.42 Å². The predicted octanol–water partition coefficient (Wildman–Crippen LogP) is 2.19. The van der Waals surface area contributed by atoms with Gasteiger partial charge in [-0.25, -0.2) is 0 Å². The topological polar surface area (TPSA) is 52.9 Å². The third kappa shape index (κ3) is 1.71. The van der Waals surface area contributed by atoms with E-state index in [0.29, 0.717) is 11.8 Å². The first kappa shape index (κ1) is 14.1. The second-order valence-corrected chi connectivity index (χ2v) is 6.94. The Balaban J connectivity index is 1.96. The number of ether oxygens (including phenoxy) is 1. The Kier molecular flexibility index (Phi) is 3.03. The van der Waals surface area contributed by atoms with Gasteiger partial charge in [-0.2, -0.15) is 0 Å². The van der Waals surface area contributed by atoms with Crippen LogP contribution in [0.2, 0.25) is 0 Å². The minimum atomic E-state index is -0.413. The molecule has 1 fully saturated rings. The van der Waals surface area contributed by atoms with Crippen molar-refractivity contribution in [2.45, 2.75) is 37.8 Å². The van der Waals surface area contributed by atoms with Gasteiger partial charge in [0.25, 0.3) is 0 Å². The monoisotopic (exact) mass is 301 g/mol. The second-order valence-electron chi connectivity index (χ2n) is 6.94. The van der Waals surface area contributed by atoms with Crippen molar-refractivity contribution in [2.75, 3.05) is 20.7 Å². The van der Waals surface area contributed by atoms with Gasteiger partial charge in [0.1, 0.15) is 0 Å². The fourth-order valence-electron chi connectivity index (χ4n) is 4.85. The van der Waals surface area contributed by atoms with Crippen LogP contribution in [0.3, 0.4) is 0 Å². The van der Waals surface area contributed by atoms with Crippen molar-refractivity contribution in [1.82, 2.24) is 4.90 Å². The Hall–Kier alpha value is -1.52. The number of aromatic hydroxyl groups is 1. The number of benzene rings is 1. The molecule has 2 aliphatic carbocycles. The van der Waals surface area contributed by atoms with Crippen molar-refractivity contribution < 1.29 is 14.9 Å². The molecule has 0 saturated carbocycles. The Bertz CT molecular complexity index is 654. The summed E-state index contributed by atoms with van der Waals surface area (Å²) in [5.41, 5.74) is 3.28. The zero-order valence-corrected chi connectivity index (χ0v) is 13.2. The maximum absolute atomic E-state index is 10.7. The number of hydrogen-bond acceptors (Lipinski definition) is 4. The Morgan fingerprint density at radius 1 is 1.32 bits per heavy atom. The highest BCUT2D eigenvalue weighted by Crippen LogP contribution is 2.59. The van der Waals surface area contributed by atoms with Crippen LogP contribution >= 0.6 is 0 Å². The van der Waals surface area contributed by atoms with Gasteiger partial charge in [0.2, 0.25) is 0 Å². The Morgan fingerprint density at radius 3 is 2.91 bits per heavy atom. The molecule has 1 saturated heterocycles. The van der Waals surface area contributed by atoms with Crippen LogP contribution in [0.1, 0.15) is 30.4 Å². The van der Waals surface area contributed by atoms with Gasteiger partial charge in [-0.1, -0.05) is 12.1 Å². The Morgan fingerprint density at radius 2 is 2.14 bits per heavy atom. The van der Waals surface area contributed by atoms with Gasteiger partial charge in [0.15, 0.2) is 11.5 Å². The lowest BCUT2D eigenvalue weighted by atomic mass is 9.60. The summed E-state index contributed by atoms with van der Waals surface area (Å²) < 4.78 is 5.30. The van der Waals surface area contributed by atoms with Crippen LogP contribution in [-0.4, -0.2) is 48.0 Å². The van der Waals surface area contributed by atoms with Gasteiger partial charge in [0.05, 0.1) is 13.2 Å². The van der Waals surface area contributed by atoms with Crippen molar-refractivity contribution >= 4 is 5.57 Å². The first-order chi connectivity index (χ1) is 10.6. The first-order valence-electron chi connectivity index (χ1n) is 8.06. The molecule has 22 heavy (non-hydrogen) atoms. The predicted molar refractivity (Wildman–Crippen MR) is 85.0 cm³/mol. The summed E-state index contributed by atoms with van der Waals surface area (Å²) in [6, 6.07) is 4.37. The summed E-state index contributed by atoms with van der Waals surface area (Å²) in [5, 5.41) is 20.9. The molecule has 4 heteroatoms. The SMILES string of the molecule is COc1ccc2c(c1O)C1=CC(O)CCC13CCN(C)C3C2. The maximum atomic E-state index is 10.7.